The molecule has 0 spiro atoms. The number of anilines is 1. The Hall–Kier alpha value is -2.11. The summed E-state index contributed by atoms with van der Waals surface area (Å²) in [5, 5.41) is 5.51. The van der Waals surface area contributed by atoms with Crippen molar-refractivity contribution < 1.29 is 14.3 Å². The lowest BCUT2D eigenvalue weighted by molar-refractivity contribution is -0.128. The second-order valence-corrected chi connectivity index (χ2v) is 5.08. The highest BCUT2D eigenvalue weighted by Gasteiger charge is 2.31. The molecule has 1 saturated heterocycles. The van der Waals surface area contributed by atoms with Gasteiger partial charge in [0.25, 0.3) is 0 Å². The van der Waals surface area contributed by atoms with Gasteiger partial charge in [0.15, 0.2) is 11.6 Å². The van der Waals surface area contributed by atoms with Crippen molar-refractivity contribution >= 4 is 17.6 Å². The average molecular weight is 277 g/mol. The molecule has 1 aromatic heterocycles. The number of aromatic nitrogens is 1. The maximum Gasteiger partial charge on any atom is 0.230 e. The Morgan fingerprint density at radius 2 is 2.25 bits per heavy atom. The highest BCUT2D eigenvalue weighted by molar-refractivity contribution is 5.94. The highest BCUT2D eigenvalue weighted by atomic mass is 16.5. The lowest BCUT2D eigenvalue weighted by Crippen LogP contribution is -2.45. The molecule has 2 amide bonds. The molecule has 0 radical (unpaired) electrons. The number of carbonyl (C=O) groups excluding carboxylic acids is 2. The number of pyridine rings is 1. The Labute approximate surface area is 117 Å². The van der Waals surface area contributed by atoms with Crippen LogP contribution in [-0.2, 0) is 9.59 Å². The van der Waals surface area contributed by atoms with Crippen molar-refractivity contribution in [3.63, 3.8) is 0 Å². The van der Waals surface area contributed by atoms with Crippen molar-refractivity contribution in [2.24, 2.45) is 11.8 Å². The molecule has 0 aromatic carbocycles. The molecule has 1 aromatic rings. The molecule has 0 aliphatic carbocycles. The smallest absolute Gasteiger partial charge is 0.230 e. The molecule has 2 atom stereocenters. The van der Waals surface area contributed by atoms with Crippen LogP contribution in [0.1, 0.15) is 19.0 Å². The summed E-state index contributed by atoms with van der Waals surface area (Å²) in [6.07, 6.45) is 0.371. The molecule has 0 saturated carbocycles. The first kappa shape index (κ1) is 14.3. The van der Waals surface area contributed by atoms with E-state index in [1.807, 2.05) is 19.9 Å². The monoisotopic (exact) mass is 277 g/mol. The third-order valence-corrected chi connectivity index (χ3v) is 3.51. The first-order valence-corrected chi connectivity index (χ1v) is 6.60. The summed E-state index contributed by atoms with van der Waals surface area (Å²) in [4.78, 5) is 27.9. The lowest BCUT2D eigenvalue weighted by atomic mass is 9.87. The van der Waals surface area contributed by atoms with Crippen molar-refractivity contribution in [2.75, 3.05) is 19.0 Å². The Bertz CT molecular complexity index is 530. The summed E-state index contributed by atoms with van der Waals surface area (Å²) >= 11 is 0. The van der Waals surface area contributed by atoms with Gasteiger partial charge in [-0.15, -0.1) is 0 Å². The first-order valence-electron chi connectivity index (χ1n) is 6.60. The SMILES string of the molecule is COc1ccc(C)nc1NC(=O)C1CNC(=O)CC1C. The number of ether oxygens (including phenoxy) is 1. The molecular weight excluding hydrogens is 258 g/mol. The number of nitrogens with zero attached hydrogens (tertiary/aromatic N) is 1. The predicted molar refractivity (Wildman–Crippen MR) is 74.4 cm³/mol. The summed E-state index contributed by atoms with van der Waals surface area (Å²) in [7, 11) is 1.53. The van der Waals surface area contributed by atoms with Gasteiger partial charge in [0.05, 0.1) is 13.0 Å². The molecule has 1 aliphatic rings. The second-order valence-electron chi connectivity index (χ2n) is 5.08. The summed E-state index contributed by atoms with van der Waals surface area (Å²) < 4.78 is 5.19. The fourth-order valence-electron chi connectivity index (χ4n) is 2.29. The highest BCUT2D eigenvalue weighted by Crippen LogP contribution is 2.25. The number of hydrogen-bond acceptors (Lipinski definition) is 4. The van der Waals surface area contributed by atoms with Gasteiger partial charge in [-0.2, -0.15) is 0 Å². The minimum atomic E-state index is -0.250. The van der Waals surface area contributed by atoms with E-state index in [9.17, 15) is 9.59 Å². The van der Waals surface area contributed by atoms with Gasteiger partial charge in [-0.25, -0.2) is 4.98 Å². The van der Waals surface area contributed by atoms with Gasteiger partial charge in [0.1, 0.15) is 0 Å². The Kier molecular flexibility index (Phi) is 4.22. The van der Waals surface area contributed by atoms with Crippen molar-refractivity contribution in [3.8, 4) is 5.75 Å². The normalized spacial score (nSPS) is 22.1. The van der Waals surface area contributed by atoms with E-state index < -0.39 is 0 Å². The van der Waals surface area contributed by atoms with Gasteiger partial charge in [-0.05, 0) is 25.0 Å². The molecule has 1 aliphatic heterocycles. The van der Waals surface area contributed by atoms with Crippen LogP contribution >= 0.6 is 0 Å². The molecule has 6 nitrogen and oxygen atoms in total. The number of methoxy groups -OCH3 is 1. The zero-order chi connectivity index (χ0) is 14.7. The summed E-state index contributed by atoms with van der Waals surface area (Å²) in [6.45, 7) is 4.11. The number of aryl methyl sites for hydroxylation is 1. The van der Waals surface area contributed by atoms with Gasteiger partial charge >= 0.3 is 0 Å². The van der Waals surface area contributed by atoms with Crippen LogP contribution in [0.25, 0.3) is 0 Å². The van der Waals surface area contributed by atoms with Crippen molar-refractivity contribution in [2.45, 2.75) is 20.3 Å². The van der Waals surface area contributed by atoms with Crippen LogP contribution in [-0.4, -0.2) is 30.5 Å². The van der Waals surface area contributed by atoms with Crippen LogP contribution in [0.2, 0.25) is 0 Å². The van der Waals surface area contributed by atoms with Crippen molar-refractivity contribution in [1.82, 2.24) is 10.3 Å². The number of amides is 2. The van der Waals surface area contributed by atoms with E-state index in [1.54, 1.807) is 6.07 Å². The van der Waals surface area contributed by atoms with Crippen molar-refractivity contribution in [1.29, 1.82) is 0 Å². The van der Waals surface area contributed by atoms with Crippen LogP contribution in [0.5, 0.6) is 5.75 Å². The van der Waals surface area contributed by atoms with Crippen LogP contribution in [0, 0.1) is 18.8 Å². The number of hydrogen-bond donors (Lipinski definition) is 2. The topological polar surface area (TPSA) is 80.3 Å². The molecule has 2 heterocycles. The molecule has 2 unspecified atom stereocenters. The third-order valence-electron chi connectivity index (χ3n) is 3.51. The molecule has 2 N–H and O–H groups in total. The fourth-order valence-corrected chi connectivity index (χ4v) is 2.29. The second kappa shape index (κ2) is 5.90. The maximum absolute atomic E-state index is 12.3. The van der Waals surface area contributed by atoms with E-state index in [1.165, 1.54) is 7.11 Å². The largest absolute Gasteiger partial charge is 0.493 e. The molecule has 1 fully saturated rings. The third kappa shape index (κ3) is 3.07. The van der Waals surface area contributed by atoms with Crippen LogP contribution in [0.15, 0.2) is 12.1 Å². The molecule has 0 bridgehead atoms. The van der Waals surface area contributed by atoms with E-state index in [0.29, 0.717) is 24.5 Å². The molecule has 2 rings (SSSR count). The number of rotatable bonds is 3. The summed E-state index contributed by atoms with van der Waals surface area (Å²) in [5.41, 5.74) is 0.797. The molecular formula is C14H19N3O3. The first-order chi connectivity index (χ1) is 9.51. The minimum absolute atomic E-state index is 0.00666. The minimum Gasteiger partial charge on any atom is -0.493 e. The van der Waals surface area contributed by atoms with Gasteiger partial charge < -0.3 is 15.4 Å². The Morgan fingerprint density at radius 1 is 1.50 bits per heavy atom. The summed E-state index contributed by atoms with van der Waals surface area (Å²) in [5.74, 6) is 0.555. The Morgan fingerprint density at radius 3 is 2.90 bits per heavy atom. The average Bonchev–Trinajstić information content (AvgIpc) is 2.38. The Balaban J connectivity index is 2.11. The zero-order valence-electron chi connectivity index (χ0n) is 11.9. The predicted octanol–water partition coefficient (Wildman–Crippen LogP) is 1.11. The van der Waals surface area contributed by atoms with Crippen LogP contribution < -0.4 is 15.4 Å². The van der Waals surface area contributed by atoms with Gasteiger partial charge in [-0.3, -0.25) is 9.59 Å². The van der Waals surface area contributed by atoms with E-state index >= 15 is 0 Å². The standard InChI is InChI=1S/C14H19N3O3/c1-8-6-12(18)15-7-10(8)14(19)17-13-11(20-3)5-4-9(2)16-13/h4-5,8,10H,6-7H2,1-3H3,(H,15,18)(H,16,17,19). The summed E-state index contributed by atoms with van der Waals surface area (Å²) in [6, 6.07) is 3.59. The zero-order valence-corrected chi connectivity index (χ0v) is 11.9. The van der Waals surface area contributed by atoms with Gasteiger partial charge in [-0.1, -0.05) is 6.92 Å². The number of piperidine rings is 1. The van der Waals surface area contributed by atoms with Gasteiger partial charge in [0.2, 0.25) is 11.8 Å². The number of carbonyl (C=O) groups is 2. The molecule has 20 heavy (non-hydrogen) atoms. The van der Waals surface area contributed by atoms with E-state index in [2.05, 4.69) is 15.6 Å². The quantitative estimate of drug-likeness (QED) is 0.867. The van der Waals surface area contributed by atoms with E-state index in [0.717, 1.165) is 5.69 Å². The van der Waals surface area contributed by atoms with E-state index in [4.69, 9.17) is 4.74 Å². The van der Waals surface area contributed by atoms with E-state index in [-0.39, 0.29) is 23.7 Å². The van der Waals surface area contributed by atoms with Gasteiger partial charge in [0, 0.05) is 18.7 Å². The molecule has 6 heteroatoms. The van der Waals surface area contributed by atoms with Crippen LogP contribution in [0.4, 0.5) is 5.82 Å². The number of nitrogens with one attached hydrogen (secondary N) is 2. The van der Waals surface area contributed by atoms with Crippen LogP contribution in [0.3, 0.4) is 0 Å². The maximum atomic E-state index is 12.3. The lowest BCUT2D eigenvalue weighted by Gasteiger charge is -2.27. The fraction of sp³-hybridized carbons (Fsp3) is 0.500. The van der Waals surface area contributed by atoms with Crippen molar-refractivity contribution in [3.05, 3.63) is 17.8 Å². The molecule has 108 valence electrons.